The molecular weight excluding hydrogens is 504 g/mol. The fourth-order valence-corrected chi connectivity index (χ4v) is 8.65. The van der Waals surface area contributed by atoms with Crippen LogP contribution in [-0.2, 0) is 19.6 Å². The summed E-state index contributed by atoms with van der Waals surface area (Å²) in [6.07, 6.45) is 1.27. The average Bonchev–Trinajstić information content (AvgIpc) is 3.25. The third-order valence-corrected chi connectivity index (χ3v) is 11.0. The maximum absolute atomic E-state index is 13.3. The number of carbonyl (C=O) groups is 1. The minimum absolute atomic E-state index is 0.000667. The van der Waals surface area contributed by atoms with Gasteiger partial charge in [0.1, 0.15) is 12.4 Å². The third-order valence-electron chi connectivity index (χ3n) is 8.80. The van der Waals surface area contributed by atoms with E-state index in [9.17, 15) is 13.2 Å². The Bertz CT molecular complexity index is 1070. The number of sulfonamides is 1. The Morgan fingerprint density at radius 3 is 2.55 bits per heavy atom. The SMILES string of the molecule is COc1cc(C)c(S(=O)(=O)N(C)CCOCC(=O)N2CCNCC2C2CN3CC[C@H](C3)C2C(C)C)c(C)c1. The van der Waals surface area contributed by atoms with Gasteiger partial charge >= 0.3 is 0 Å². The first kappa shape index (κ1) is 29.3. The van der Waals surface area contributed by atoms with Crippen LogP contribution in [0.3, 0.4) is 0 Å². The predicted molar refractivity (Wildman–Crippen MR) is 148 cm³/mol. The molecule has 0 aromatic heterocycles. The standard InChI is InChI=1S/C28H46N4O5S/c1-19(2)27-22-7-9-31(16-22)17-24(27)25-15-29-8-10-32(25)26(33)18-37-12-11-30(5)38(34,35)28-20(3)13-23(36-6)14-21(28)4/h13-14,19,22,24-25,27,29H,7-12,15-18H2,1-6H3/t22-,24?,25?,27?/m1/s1. The van der Waals surface area contributed by atoms with Crippen molar-refractivity contribution in [3.63, 3.8) is 0 Å². The van der Waals surface area contributed by atoms with Crippen LogP contribution >= 0.6 is 0 Å². The molecule has 0 spiro atoms. The second-order valence-corrected chi connectivity index (χ2v) is 13.6. The lowest BCUT2D eigenvalue weighted by molar-refractivity contribution is -0.142. The highest BCUT2D eigenvalue weighted by molar-refractivity contribution is 7.89. The molecule has 214 valence electrons. The largest absolute Gasteiger partial charge is 0.497 e. The monoisotopic (exact) mass is 550 g/mol. The van der Waals surface area contributed by atoms with Crippen LogP contribution in [0.15, 0.2) is 17.0 Å². The maximum atomic E-state index is 13.3. The van der Waals surface area contributed by atoms with Gasteiger partial charge in [0.15, 0.2) is 0 Å². The molecule has 2 bridgehead atoms. The molecule has 3 aliphatic heterocycles. The van der Waals surface area contributed by atoms with Gasteiger partial charge in [-0.2, -0.15) is 4.31 Å². The molecule has 10 heteroatoms. The summed E-state index contributed by atoms with van der Waals surface area (Å²) in [7, 11) is -0.584. The van der Waals surface area contributed by atoms with E-state index in [1.165, 1.54) is 23.8 Å². The molecule has 1 N–H and O–H groups in total. The van der Waals surface area contributed by atoms with Gasteiger partial charge in [-0.3, -0.25) is 4.79 Å². The van der Waals surface area contributed by atoms with Crippen molar-refractivity contribution in [2.24, 2.45) is 23.7 Å². The van der Waals surface area contributed by atoms with Crippen molar-refractivity contribution in [2.45, 2.75) is 45.1 Å². The average molecular weight is 551 g/mol. The molecule has 4 rings (SSSR count). The minimum Gasteiger partial charge on any atom is -0.497 e. The number of piperidine rings is 1. The highest BCUT2D eigenvalue weighted by Crippen LogP contribution is 2.42. The zero-order valence-corrected chi connectivity index (χ0v) is 24.7. The second-order valence-electron chi connectivity index (χ2n) is 11.6. The fraction of sp³-hybridized carbons (Fsp3) is 0.750. The third kappa shape index (κ3) is 6.04. The number of likely N-dealkylation sites (N-methyl/N-ethyl adjacent to an activating group) is 1. The molecule has 1 aromatic carbocycles. The van der Waals surface area contributed by atoms with Gasteiger partial charge in [-0.15, -0.1) is 0 Å². The van der Waals surface area contributed by atoms with Crippen molar-refractivity contribution in [2.75, 3.05) is 73.2 Å². The Morgan fingerprint density at radius 2 is 1.89 bits per heavy atom. The number of carbonyl (C=O) groups excluding carboxylic acids is 1. The van der Waals surface area contributed by atoms with E-state index in [-0.39, 0.29) is 36.6 Å². The highest BCUT2D eigenvalue weighted by atomic mass is 32.2. The molecular formula is C28H46N4O5S. The quantitative estimate of drug-likeness (QED) is 0.446. The molecule has 3 saturated heterocycles. The van der Waals surface area contributed by atoms with Crippen LogP contribution in [0.1, 0.15) is 31.4 Å². The molecule has 0 saturated carbocycles. The van der Waals surface area contributed by atoms with Gasteiger partial charge in [-0.25, -0.2) is 8.42 Å². The molecule has 1 amide bonds. The lowest BCUT2D eigenvalue weighted by Crippen LogP contribution is -2.62. The number of rotatable bonds is 10. The summed E-state index contributed by atoms with van der Waals surface area (Å²) in [5.41, 5.74) is 1.28. The van der Waals surface area contributed by atoms with Gasteiger partial charge < -0.3 is 24.6 Å². The van der Waals surface area contributed by atoms with Crippen molar-refractivity contribution in [3.05, 3.63) is 23.3 Å². The summed E-state index contributed by atoms with van der Waals surface area (Å²) in [4.78, 5) is 18.2. The molecule has 3 fully saturated rings. The molecule has 0 radical (unpaired) electrons. The van der Waals surface area contributed by atoms with E-state index in [2.05, 4.69) is 24.1 Å². The topological polar surface area (TPSA) is 91.4 Å². The first-order valence-electron chi connectivity index (χ1n) is 14.0. The van der Waals surface area contributed by atoms with Crippen LogP contribution in [0.4, 0.5) is 0 Å². The Labute approximate surface area is 228 Å². The van der Waals surface area contributed by atoms with Gasteiger partial charge in [0.25, 0.3) is 0 Å². The normalized spacial score (nSPS) is 27.8. The predicted octanol–water partition coefficient (Wildman–Crippen LogP) is 1.97. The Hall–Kier alpha value is -1.72. The zero-order valence-electron chi connectivity index (χ0n) is 23.9. The van der Waals surface area contributed by atoms with E-state index in [1.807, 2.05) is 4.90 Å². The molecule has 3 aliphatic rings. The van der Waals surface area contributed by atoms with Crippen molar-refractivity contribution >= 4 is 15.9 Å². The summed E-state index contributed by atoms with van der Waals surface area (Å²) >= 11 is 0. The molecule has 1 aromatic rings. The van der Waals surface area contributed by atoms with Crippen molar-refractivity contribution < 1.29 is 22.7 Å². The van der Waals surface area contributed by atoms with Gasteiger partial charge in [0.2, 0.25) is 15.9 Å². The Kier molecular flexibility index (Phi) is 9.40. The molecule has 5 atom stereocenters. The smallest absolute Gasteiger partial charge is 0.248 e. The Balaban J connectivity index is 1.34. The van der Waals surface area contributed by atoms with E-state index < -0.39 is 10.0 Å². The number of fused-ring (bicyclic) bond motifs is 2. The summed E-state index contributed by atoms with van der Waals surface area (Å²) in [5, 5.41) is 3.52. The van der Waals surface area contributed by atoms with E-state index in [1.54, 1.807) is 40.1 Å². The van der Waals surface area contributed by atoms with Crippen LogP contribution in [-0.4, -0.2) is 108 Å². The summed E-state index contributed by atoms with van der Waals surface area (Å²) in [6, 6.07) is 3.62. The number of aryl methyl sites for hydroxylation is 2. The molecule has 0 aliphatic carbocycles. The van der Waals surface area contributed by atoms with Crippen LogP contribution in [0.25, 0.3) is 0 Å². The number of nitrogens with one attached hydrogen (secondary N) is 1. The summed E-state index contributed by atoms with van der Waals surface area (Å²) < 4.78 is 38.8. The van der Waals surface area contributed by atoms with E-state index in [0.717, 1.165) is 25.6 Å². The first-order chi connectivity index (χ1) is 18.0. The fourth-order valence-electron chi connectivity index (χ4n) is 7.09. The summed E-state index contributed by atoms with van der Waals surface area (Å²) in [5.74, 6) is 3.03. The number of benzene rings is 1. The molecule has 3 heterocycles. The van der Waals surface area contributed by atoms with Gasteiger partial charge in [-0.05, 0) is 73.7 Å². The van der Waals surface area contributed by atoms with Gasteiger partial charge in [0.05, 0.1) is 18.6 Å². The lowest BCUT2D eigenvalue weighted by atomic mass is 9.69. The Morgan fingerprint density at radius 1 is 1.18 bits per heavy atom. The number of methoxy groups -OCH3 is 1. The van der Waals surface area contributed by atoms with Crippen molar-refractivity contribution in [1.29, 1.82) is 0 Å². The second kappa shape index (κ2) is 12.2. The van der Waals surface area contributed by atoms with E-state index >= 15 is 0 Å². The van der Waals surface area contributed by atoms with Crippen molar-refractivity contribution in [1.82, 2.24) is 19.4 Å². The molecule has 4 unspecified atom stereocenters. The van der Waals surface area contributed by atoms with Crippen LogP contribution in [0.2, 0.25) is 0 Å². The van der Waals surface area contributed by atoms with E-state index in [4.69, 9.17) is 9.47 Å². The number of hydrogen-bond acceptors (Lipinski definition) is 7. The maximum Gasteiger partial charge on any atom is 0.248 e. The van der Waals surface area contributed by atoms with Crippen molar-refractivity contribution in [3.8, 4) is 5.75 Å². The van der Waals surface area contributed by atoms with E-state index in [0.29, 0.717) is 41.2 Å². The molecule has 38 heavy (non-hydrogen) atoms. The number of amides is 1. The minimum atomic E-state index is -3.70. The van der Waals surface area contributed by atoms with Crippen LogP contribution < -0.4 is 10.1 Å². The van der Waals surface area contributed by atoms with Crippen LogP contribution in [0, 0.1) is 37.5 Å². The van der Waals surface area contributed by atoms with Gasteiger partial charge in [-0.1, -0.05) is 13.8 Å². The number of piperazine rings is 1. The zero-order chi connectivity index (χ0) is 27.6. The number of nitrogens with zero attached hydrogens (tertiary/aromatic N) is 3. The lowest BCUT2D eigenvalue weighted by Gasteiger charge is -2.49. The van der Waals surface area contributed by atoms with Crippen LogP contribution in [0.5, 0.6) is 5.75 Å². The number of hydrogen-bond donors (Lipinski definition) is 1. The molecule has 9 nitrogen and oxygen atoms in total. The highest BCUT2D eigenvalue weighted by Gasteiger charge is 2.47. The van der Waals surface area contributed by atoms with Gasteiger partial charge in [0, 0.05) is 52.4 Å². The summed E-state index contributed by atoms with van der Waals surface area (Å²) in [6.45, 7) is 14.2. The first-order valence-corrected chi connectivity index (χ1v) is 15.4. The number of ether oxygens (including phenoxy) is 2.